The predicted octanol–water partition coefficient (Wildman–Crippen LogP) is 3.46. The number of esters is 1. The van der Waals surface area contributed by atoms with Crippen LogP contribution in [0.2, 0.25) is 25.7 Å². The standard InChI is InChI=1S/C26H31N3O4Si/c1-5-26(14-30)19-10-22-23-15(11-29(22)24(31)18(19)12-33-25(26)32)9-17-16(7-6-8-21(17)28-23)20(27)13-34(2,3)4/h6-10,20,30H,5,11-14,27H2,1-4H3. The van der Waals surface area contributed by atoms with E-state index in [1.54, 1.807) is 4.57 Å². The smallest absolute Gasteiger partial charge is 0.319 e. The number of cyclic esters (lactones) is 1. The molecule has 2 aliphatic heterocycles. The van der Waals surface area contributed by atoms with Crippen LogP contribution >= 0.6 is 0 Å². The summed E-state index contributed by atoms with van der Waals surface area (Å²) < 4.78 is 7.03. The summed E-state index contributed by atoms with van der Waals surface area (Å²) in [6, 6.07) is 10.9. The van der Waals surface area contributed by atoms with Gasteiger partial charge in [-0.15, -0.1) is 0 Å². The van der Waals surface area contributed by atoms with Crippen LogP contribution in [-0.4, -0.2) is 35.3 Å². The summed E-state index contributed by atoms with van der Waals surface area (Å²) in [5.41, 5.74) is 10.5. The zero-order valence-corrected chi connectivity index (χ0v) is 21.1. The van der Waals surface area contributed by atoms with E-state index in [0.717, 1.165) is 33.8 Å². The number of hydrogen-bond acceptors (Lipinski definition) is 6. The number of rotatable bonds is 5. The van der Waals surface area contributed by atoms with Crippen LogP contribution in [0.25, 0.3) is 22.3 Å². The Labute approximate surface area is 199 Å². The number of aliphatic hydroxyl groups excluding tert-OH is 1. The van der Waals surface area contributed by atoms with Crippen molar-refractivity contribution in [2.45, 2.75) is 63.6 Å². The molecule has 0 bridgehead atoms. The summed E-state index contributed by atoms with van der Waals surface area (Å²) in [5.74, 6) is -0.486. The maximum atomic E-state index is 13.5. The van der Waals surface area contributed by atoms with E-state index in [4.69, 9.17) is 15.5 Å². The second-order valence-corrected chi connectivity index (χ2v) is 16.3. The molecule has 5 rings (SSSR count). The van der Waals surface area contributed by atoms with Gasteiger partial charge in [-0.1, -0.05) is 38.7 Å². The molecule has 1 aromatic carbocycles. The third-order valence-electron chi connectivity index (χ3n) is 7.30. The average Bonchev–Trinajstić information content (AvgIpc) is 3.14. The first kappa shape index (κ1) is 23.0. The van der Waals surface area contributed by atoms with Crippen LogP contribution < -0.4 is 11.3 Å². The topological polar surface area (TPSA) is 107 Å². The van der Waals surface area contributed by atoms with E-state index >= 15 is 0 Å². The lowest BCUT2D eigenvalue weighted by Crippen LogP contribution is -2.47. The molecule has 3 N–H and O–H groups in total. The van der Waals surface area contributed by atoms with E-state index in [2.05, 4.69) is 31.8 Å². The monoisotopic (exact) mass is 477 g/mol. The summed E-state index contributed by atoms with van der Waals surface area (Å²) in [6.45, 7) is 8.69. The zero-order chi connectivity index (χ0) is 24.4. The molecule has 4 heterocycles. The number of aliphatic hydroxyl groups is 1. The van der Waals surface area contributed by atoms with E-state index < -0.39 is 26.1 Å². The Hall–Kier alpha value is -2.81. The highest BCUT2D eigenvalue weighted by atomic mass is 28.3. The number of hydrogen-bond donors (Lipinski definition) is 2. The van der Waals surface area contributed by atoms with Gasteiger partial charge in [-0.2, -0.15) is 0 Å². The fourth-order valence-corrected chi connectivity index (χ4v) is 7.00. The minimum absolute atomic E-state index is 0.0630. The molecular formula is C26H31N3O4Si. The first-order valence-corrected chi connectivity index (χ1v) is 15.5. The Morgan fingerprint density at radius 3 is 2.71 bits per heavy atom. The number of nitrogens with two attached hydrogens (primary N) is 1. The molecule has 0 aliphatic carbocycles. The molecular weight excluding hydrogens is 446 g/mol. The van der Waals surface area contributed by atoms with Gasteiger partial charge in [0.25, 0.3) is 5.56 Å². The van der Waals surface area contributed by atoms with Gasteiger partial charge in [-0.3, -0.25) is 9.59 Å². The summed E-state index contributed by atoms with van der Waals surface area (Å²) in [5, 5.41) is 11.2. The Kier molecular flexibility index (Phi) is 5.31. The maximum Gasteiger partial charge on any atom is 0.319 e. The van der Waals surface area contributed by atoms with Crippen molar-refractivity contribution in [3.63, 3.8) is 0 Å². The zero-order valence-electron chi connectivity index (χ0n) is 20.1. The van der Waals surface area contributed by atoms with Crippen molar-refractivity contribution in [2.75, 3.05) is 6.61 Å². The molecule has 0 spiro atoms. The van der Waals surface area contributed by atoms with Crippen molar-refractivity contribution in [3.05, 3.63) is 62.9 Å². The molecule has 2 atom stereocenters. The van der Waals surface area contributed by atoms with Gasteiger partial charge in [0.1, 0.15) is 12.0 Å². The molecule has 0 amide bonds. The van der Waals surface area contributed by atoms with Crippen molar-refractivity contribution in [1.29, 1.82) is 0 Å². The van der Waals surface area contributed by atoms with Crippen molar-refractivity contribution < 1.29 is 14.6 Å². The van der Waals surface area contributed by atoms with Crippen LogP contribution in [0.5, 0.6) is 0 Å². The first-order chi connectivity index (χ1) is 16.1. The van der Waals surface area contributed by atoms with E-state index in [0.29, 0.717) is 29.8 Å². The first-order valence-electron chi connectivity index (χ1n) is 11.8. The lowest BCUT2D eigenvalue weighted by molar-refractivity contribution is -0.156. The van der Waals surface area contributed by atoms with Gasteiger partial charge in [0.05, 0.1) is 35.6 Å². The Morgan fingerprint density at radius 2 is 2.03 bits per heavy atom. The molecule has 178 valence electrons. The number of nitrogens with zero attached hydrogens (tertiary/aromatic N) is 2. The second-order valence-electron chi connectivity index (χ2n) is 10.8. The Balaban J connectivity index is 1.69. The highest BCUT2D eigenvalue weighted by Gasteiger charge is 2.46. The summed E-state index contributed by atoms with van der Waals surface area (Å²) in [4.78, 5) is 31.1. The third-order valence-corrected chi connectivity index (χ3v) is 8.97. The fourth-order valence-electron chi connectivity index (χ4n) is 5.46. The molecule has 0 radical (unpaired) electrons. The van der Waals surface area contributed by atoms with Crippen molar-refractivity contribution in [1.82, 2.24) is 9.55 Å². The number of ether oxygens (including phenoxy) is 1. The summed E-state index contributed by atoms with van der Waals surface area (Å²) in [7, 11) is -1.36. The van der Waals surface area contributed by atoms with E-state index in [1.807, 2.05) is 25.1 Å². The van der Waals surface area contributed by atoms with Crippen LogP contribution in [0.4, 0.5) is 0 Å². The normalized spacial score (nSPS) is 20.0. The second kappa shape index (κ2) is 7.86. The average molecular weight is 478 g/mol. The number of carbonyl (C=O) groups excluding carboxylic acids is 1. The van der Waals surface area contributed by atoms with Crippen molar-refractivity contribution in [3.8, 4) is 11.4 Å². The largest absolute Gasteiger partial charge is 0.460 e. The molecule has 2 unspecified atom stereocenters. The number of benzene rings is 1. The maximum absolute atomic E-state index is 13.5. The van der Waals surface area contributed by atoms with Gasteiger partial charge in [-0.25, -0.2) is 4.98 Å². The number of pyridine rings is 2. The molecule has 2 aromatic heterocycles. The molecule has 34 heavy (non-hydrogen) atoms. The molecule has 0 fully saturated rings. The van der Waals surface area contributed by atoms with Gasteiger partial charge in [-0.05, 0) is 41.8 Å². The van der Waals surface area contributed by atoms with Gasteiger partial charge in [0.15, 0.2) is 0 Å². The highest BCUT2D eigenvalue weighted by Crippen LogP contribution is 2.40. The third kappa shape index (κ3) is 3.35. The van der Waals surface area contributed by atoms with Crippen LogP contribution in [0.15, 0.2) is 35.1 Å². The minimum Gasteiger partial charge on any atom is -0.460 e. The van der Waals surface area contributed by atoms with Gasteiger partial charge >= 0.3 is 5.97 Å². The predicted molar refractivity (Wildman–Crippen MR) is 134 cm³/mol. The SMILES string of the molecule is CCC1(CO)C(=O)OCc2c1cc1n(c2=O)Cc2cc3c(C(N)C[Si](C)(C)C)cccc3nc2-1. The lowest BCUT2D eigenvalue weighted by atomic mass is 9.75. The van der Waals surface area contributed by atoms with E-state index in [-0.39, 0.29) is 18.2 Å². The quantitative estimate of drug-likeness (QED) is 0.337. The summed E-state index contributed by atoms with van der Waals surface area (Å²) in [6.07, 6.45) is 0.342. The Bertz CT molecular complexity index is 1390. The molecule has 8 heteroatoms. The van der Waals surface area contributed by atoms with E-state index in [9.17, 15) is 14.7 Å². The molecule has 0 saturated carbocycles. The van der Waals surface area contributed by atoms with Crippen LogP contribution in [0.1, 0.15) is 41.6 Å². The lowest BCUT2D eigenvalue weighted by Gasteiger charge is -2.34. The van der Waals surface area contributed by atoms with Gasteiger partial charge < -0.3 is 20.1 Å². The van der Waals surface area contributed by atoms with Gasteiger partial charge in [0.2, 0.25) is 0 Å². The van der Waals surface area contributed by atoms with Gasteiger partial charge in [0, 0.05) is 25.1 Å². The highest BCUT2D eigenvalue weighted by molar-refractivity contribution is 6.76. The minimum atomic E-state index is -1.36. The summed E-state index contributed by atoms with van der Waals surface area (Å²) >= 11 is 0. The van der Waals surface area contributed by atoms with Crippen LogP contribution in [0, 0.1) is 0 Å². The number of fused-ring (bicyclic) bond motifs is 5. The van der Waals surface area contributed by atoms with Crippen molar-refractivity contribution in [2.24, 2.45) is 5.73 Å². The Morgan fingerprint density at radius 1 is 1.26 bits per heavy atom. The molecule has 3 aromatic rings. The van der Waals surface area contributed by atoms with Crippen LogP contribution in [0.3, 0.4) is 0 Å². The number of carbonyl (C=O) groups is 1. The van der Waals surface area contributed by atoms with Crippen molar-refractivity contribution >= 4 is 24.9 Å². The van der Waals surface area contributed by atoms with Crippen LogP contribution in [-0.2, 0) is 28.1 Å². The number of aromatic nitrogens is 2. The molecule has 7 nitrogen and oxygen atoms in total. The molecule has 0 saturated heterocycles. The molecule has 2 aliphatic rings. The van der Waals surface area contributed by atoms with E-state index in [1.165, 1.54) is 0 Å². The fraction of sp³-hybridized carbons (Fsp3) is 0.423.